The molecule has 0 aliphatic rings. The van der Waals surface area contributed by atoms with Gasteiger partial charge in [-0.25, -0.2) is 0 Å². The van der Waals surface area contributed by atoms with E-state index in [9.17, 15) is 0 Å². The minimum Gasteiger partial charge on any atom is -0.544 e. The van der Waals surface area contributed by atoms with Gasteiger partial charge in [0.25, 0.3) is 0 Å². The van der Waals surface area contributed by atoms with Crippen molar-refractivity contribution in [3.05, 3.63) is 23.3 Å². The number of hydrogen-bond acceptors (Lipinski definition) is 3. The molecule has 0 unspecified atom stereocenters. The summed E-state index contributed by atoms with van der Waals surface area (Å²) >= 11 is 4.21. The smallest absolute Gasteiger partial charge is 0.242 e. The van der Waals surface area contributed by atoms with E-state index in [2.05, 4.69) is 57.3 Å². The van der Waals surface area contributed by atoms with Gasteiger partial charge in [-0.2, -0.15) is 0 Å². The van der Waals surface area contributed by atoms with Crippen LogP contribution in [0.3, 0.4) is 0 Å². The van der Waals surface area contributed by atoms with E-state index in [0.29, 0.717) is 0 Å². The molecule has 0 aliphatic heterocycles. The highest BCUT2D eigenvalue weighted by atomic mass is 33.1. The maximum atomic E-state index is 6.07. The fraction of sp³-hybridized carbons (Fsp3) is 0.455. The van der Waals surface area contributed by atoms with Gasteiger partial charge in [-0.1, -0.05) is 10.8 Å². The molecule has 0 aromatic heterocycles. The molecule has 84 valence electrons. The highest BCUT2D eigenvalue weighted by Gasteiger charge is 2.18. The first kappa shape index (κ1) is 13.0. The van der Waals surface area contributed by atoms with Crippen molar-refractivity contribution in [2.24, 2.45) is 0 Å². The zero-order valence-corrected chi connectivity index (χ0v) is 12.6. The van der Waals surface area contributed by atoms with E-state index < -0.39 is 8.32 Å². The maximum Gasteiger partial charge on any atom is 0.242 e. The third-order valence-electron chi connectivity index (χ3n) is 1.95. The van der Waals surface area contributed by atoms with E-state index in [1.807, 2.05) is 0 Å². The summed E-state index contributed by atoms with van der Waals surface area (Å²) in [5.41, 5.74) is 2.41. The lowest BCUT2D eigenvalue weighted by molar-refractivity contribution is 0.547. The molecule has 0 fully saturated rings. The van der Waals surface area contributed by atoms with Gasteiger partial charge in [0.05, 0.1) is 0 Å². The predicted octanol–water partition coefficient (Wildman–Crippen LogP) is 4.45. The van der Waals surface area contributed by atoms with E-state index in [4.69, 9.17) is 4.43 Å². The Kier molecular flexibility index (Phi) is 4.20. The van der Waals surface area contributed by atoms with Crippen molar-refractivity contribution < 1.29 is 4.43 Å². The third kappa shape index (κ3) is 3.77. The van der Waals surface area contributed by atoms with Crippen molar-refractivity contribution in [1.29, 1.82) is 0 Å². The van der Waals surface area contributed by atoms with Crippen molar-refractivity contribution >= 4 is 30.8 Å². The number of thiol groups is 1. The number of benzene rings is 1. The molecule has 4 heteroatoms. The van der Waals surface area contributed by atoms with Crippen molar-refractivity contribution in [3.8, 4) is 5.75 Å². The average molecular weight is 258 g/mol. The lowest BCUT2D eigenvalue weighted by Gasteiger charge is -2.23. The maximum absolute atomic E-state index is 6.07. The van der Waals surface area contributed by atoms with Gasteiger partial charge in [0, 0.05) is 4.90 Å². The van der Waals surface area contributed by atoms with Crippen LogP contribution in [0.25, 0.3) is 0 Å². The Balaban J connectivity index is 3.09. The zero-order chi connectivity index (χ0) is 11.6. The first-order valence-corrected chi connectivity index (χ1v) is 10.2. The molecule has 1 aromatic carbocycles. The fourth-order valence-corrected chi connectivity index (χ4v) is 3.14. The first-order chi connectivity index (χ1) is 6.83. The van der Waals surface area contributed by atoms with Gasteiger partial charge in [-0.15, -0.1) is 11.7 Å². The van der Waals surface area contributed by atoms with Gasteiger partial charge >= 0.3 is 0 Å². The Hall–Kier alpha value is -0.0631. The van der Waals surface area contributed by atoms with E-state index >= 15 is 0 Å². The second-order valence-corrected chi connectivity index (χ2v) is 10.3. The molecule has 0 saturated carbocycles. The van der Waals surface area contributed by atoms with Gasteiger partial charge in [-0.3, -0.25) is 0 Å². The van der Waals surface area contributed by atoms with Crippen LogP contribution in [0.2, 0.25) is 19.6 Å². The summed E-state index contributed by atoms with van der Waals surface area (Å²) in [5, 5.41) is 0. The summed E-state index contributed by atoms with van der Waals surface area (Å²) in [7, 11) is -0.0403. The van der Waals surface area contributed by atoms with Crippen LogP contribution >= 0.6 is 22.5 Å². The lowest BCUT2D eigenvalue weighted by Crippen LogP contribution is -2.30. The molecule has 1 rings (SSSR count). The molecule has 0 amide bonds. The van der Waals surface area contributed by atoms with Crippen molar-refractivity contribution in [2.45, 2.75) is 38.4 Å². The van der Waals surface area contributed by atoms with Crippen LogP contribution in [0.1, 0.15) is 11.1 Å². The summed E-state index contributed by atoms with van der Waals surface area (Å²) in [6.45, 7) is 10.8. The molecular formula is C11H18OS2Si. The number of aryl methyl sites for hydroxylation is 2. The molecular weight excluding hydrogens is 240 g/mol. The average Bonchev–Trinajstić information content (AvgIpc) is 2.09. The van der Waals surface area contributed by atoms with Crippen LogP contribution in [-0.2, 0) is 0 Å². The lowest BCUT2D eigenvalue weighted by atomic mass is 10.1. The van der Waals surface area contributed by atoms with Crippen LogP contribution in [0.15, 0.2) is 17.0 Å². The second-order valence-electron chi connectivity index (χ2n) is 4.69. The topological polar surface area (TPSA) is 9.23 Å². The van der Waals surface area contributed by atoms with Crippen molar-refractivity contribution in [1.82, 2.24) is 0 Å². The van der Waals surface area contributed by atoms with E-state index in [1.165, 1.54) is 26.8 Å². The van der Waals surface area contributed by atoms with Crippen LogP contribution in [0.5, 0.6) is 5.75 Å². The Bertz CT molecular complexity index is 335. The third-order valence-corrected chi connectivity index (χ3v) is 3.84. The minimum atomic E-state index is -1.51. The van der Waals surface area contributed by atoms with Gasteiger partial charge in [-0.05, 0) is 56.7 Å². The Morgan fingerprint density at radius 1 is 1.13 bits per heavy atom. The van der Waals surface area contributed by atoms with Crippen LogP contribution < -0.4 is 4.43 Å². The molecule has 0 atom stereocenters. The fourth-order valence-electron chi connectivity index (χ4n) is 1.43. The van der Waals surface area contributed by atoms with Gasteiger partial charge in [0.2, 0.25) is 8.32 Å². The Morgan fingerprint density at radius 3 is 1.93 bits per heavy atom. The number of rotatable bonds is 3. The van der Waals surface area contributed by atoms with Gasteiger partial charge < -0.3 is 4.43 Å². The standard InChI is InChI=1S/C11H18OS2Si/c1-8-6-10(14-13)7-9(2)11(8)12-15(3,4)5/h6-7,13H,1-5H3. The van der Waals surface area contributed by atoms with E-state index in [0.717, 1.165) is 5.75 Å². The Morgan fingerprint density at radius 2 is 1.60 bits per heavy atom. The summed E-state index contributed by atoms with van der Waals surface area (Å²) in [4.78, 5) is 1.18. The number of hydrogen-bond donors (Lipinski definition) is 1. The molecule has 1 nitrogen and oxygen atoms in total. The zero-order valence-electron chi connectivity index (χ0n) is 9.92. The van der Waals surface area contributed by atoms with E-state index in [1.54, 1.807) is 0 Å². The SMILES string of the molecule is Cc1cc(SS)cc(C)c1O[Si](C)(C)C. The van der Waals surface area contributed by atoms with Gasteiger partial charge in [0.1, 0.15) is 5.75 Å². The summed E-state index contributed by atoms with van der Waals surface area (Å²) in [6.07, 6.45) is 0. The normalized spacial score (nSPS) is 11.6. The van der Waals surface area contributed by atoms with E-state index in [-0.39, 0.29) is 0 Å². The highest BCUT2D eigenvalue weighted by molar-refractivity contribution is 8.68. The molecule has 15 heavy (non-hydrogen) atoms. The summed E-state index contributed by atoms with van der Waals surface area (Å²) in [5.74, 6) is 1.06. The highest BCUT2D eigenvalue weighted by Crippen LogP contribution is 2.32. The predicted molar refractivity (Wildman–Crippen MR) is 74.7 cm³/mol. The molecule has 0 heterocycles. The Labute approximate surface area is 103 Å². The first-order valence-electron chi connectivity index (χ1n) is 4.95. The summed E-state index contributed by atoms with van der Waals surface area (Å²) in [6, 6.07) is 4.25. The quantitative estimate of drug-likeness (QED) is 0.487. The van der Waals surface area contributed by atoms with Crippen molar-refractivity contribution in [3.63, 3.8) is 0 Å². The molecule has 0 radical (unpaired) electrons. The molecule has 0 N–H and O–H groups in total. The van der Waals surface area contributed by atoms with Crippen LogP contribution in [-0.4, -0.2) is 8.32 Å². The molecule has 0 aliphatic carbocycles. The second kappa shape index (κ2) is 4.85. The minimum absolute atomic E-state index is 1.06. The molecule has 0 saturated heterocycles. The summed E-state index contributed by atoms with van der Waals surface area (Å²) < 4.78 is 6.07. The van der Waals surface area contributed by atoms with Crippen molar-refractivity contribution in [2.75, 3.05) is 0 Å². The molecule has 0 spiro atoms. The van der Waals surface area contributed by atoms with Crippen LogP contribution in [0.4, 0.5) is 0 Å². The molecule has 1 aromatic rings. The monoisotopic (exact) mass is 258 g/mol. The molecule has 0 bridgehead atoms. The van der Waals surface area contributed by atoms with Gasteiger partial charge in [0.15, 0.2) is 0 Å². The van der Waals surface area contributed by atoms with Crippen LogP contribution in [0, 0.1) is 13.8 Å². The largest absolute Gasteiger partial charge is 0.544 e.